The third-order valence-electron chi connectivity index (χ3n) is 5.55. The molecule has 2 rings (SSSR count). The molecule has 1 fully saturated rings. The van der Waals surface area contributed by atoms with E-state index in [0.717, 1.165) is 38.6 Å². The fraction of sp³-hybridized carbons (Fsp3) is 0.722. The maximum Gasteiger partial charge on any atom is 0.192 e. The maximum absolute atomic E-state index is 6.31. The van der Waals surface area contributed by atoms with E-state index >= 15 is 0 Å². The molecule has 142 valence electrons. The molecule has 2 N–H and O–H groups in total. The predicted octanol–water partition coefficient (Wildman–Crippen LogP) is 3.85. The van der Waals surface area contributed by atoms with Crippen LogP contribution in [0.2, 0.25) is 23.2 Å². The Morgan fingerprint density at radius 1 is 1.36 bits per heavy atom. The number of pyridine rings is 1. The average Bonchev–Trinajstić information content (AvgIpc) is 2.49. The van der Waals surface area contributed by atoms with Crippen molar-refractivity contribution >= 4 is 31.4 Å². The minimum absolute atomic E-state index is 0.263. The summed E-state index contributed by atoms with van der Waals surface area (Å²) in [5.74, 6) is 0.909. The van der Waals surface area contributed by atoms with Crippen molar-refractivity contribution in [2.75, 3.05) is 43.4 Å². The lowest BCUT2D eigenvalue weighted by Gasteiger charge is -2.41. The summed E-state index contributed by atoms with van der Waals surface area (Å²) in [7, 11) is -1.66. The monoisotopic (exact) mass is 384 g/mol. The maximum atomic E-state index is 6.31. The van der Waals surface area contributed by atoms with E-state index in [0.29, 0.717) is 16.8 Å². The van der Waals surface area contributed by atoms with Crippen LogP contribution in [0.3, 0.4) is 0 Å². The van der Waals surface area contributed by atoms with Gasteiger partial charge in [0.25, 0.3) is 0 Å². The second kappa shape index (κ2) is 7.82. The minimum Gasteiger partial charge on any atom is -0.416 e. The van der Waals surface area contributed by atoms with Crippen molar-refractivity contribution in [2.24, 2.45) is 0 Å². The zero-order chi connectivity index (χ0) is 18.8. The fourth-order valence-electron chi connectivity index (χ4n) is 2.82. The van der Waals surface area contributed by atoms with Crippen LogP contribution in [-0.2, 0) is 4.43 Å². The van der Waals surface area contributed by atoms with Gasteiger partial charge in [-0.2, -0.15) is 0 Å². The van der Waals surface area contributed by atoms with Crippen molar-refractivity contribution < 1.29 is 4.43 Å². The second-order valence-corrected chi connectivity index (χ2v) is 13.7. The van der Waals surface area contributed by atoms with Gasteiger partial charge in [0, 0.05) is 51.1 Å². The number of aromatic nitrogens is 1. The summed E-state index contributed by atoms with van der Waals surface area (Å²) in [4.78, 5) is 9.22. The Hall–Kier alpha value is -0.823. The highest BCUT2D eigenvalue weighted by Gasteiger charge is 2.37. The summed E-state index contributed by atoms with van der Waals surface area (Å²) in [5.41, 5.74) is 6.51. The highest BCUT2D eigenvalue weighted by atomic mass is 35.5. The van der Waals surface area contributed by atoms with E-state index in [9.17, 15) is 0 Å². The van der Waals surface area contributed by atoms with Crippen LogP contribution in [0.5, 0.6) is 0 Å². The molecular formula is C18H33ClN4OSi. The van der Waals surface area contributed by atoms with Gasteiger partial charge in [-0.05, 0) is 25.1 Å². The Kier molecular flexibility index (Phi) is 6.41. The molecule has 0 amide bonds. The Morgan fingerprint density at radius 2 is 2.04 bits per heavy atom. The first-order valence-electron chi connectivity index (χ1n) is 9.05. The molecule has 1 aromatic heterocycles. The molecule has 2 heterocycles. The molecule has 0 saturated carbocycles. The SMILES string of the molecule is C[C@H]1CN(CCO[Si](C)(C)C(C)(C)C)CCN1c1cc(N)c(Cl)cn1. The van der Waals surface area contributed by atoms with Gasteiger partial charge in [-0.15, -0.1) is 0 Å². The van der Waals surface area contributed by atoms with E-state index in [1.165, 1.54) is 0 Å². The molecular weight excluding hydrogens is 352 g/mol. The van der Waals surface area contributed by atoms with E-state index in [2.05, 4.69) is 55.6 Å². The third-order valence-corrected chi connectivity index (χ3v) is 10.4. The smallest absolute Gasteiger partial charge is 0.192 e. The largest absolute Gasteiger partial charge is 0.416 e. The van der Waals surface area contributed by atoms with Crippen LogP contribution in [0.15, 0.2) is 12.3 Å². The van der Waals surface area contributed by atoms with Gasteiger partial charge >= 0.3 is 0 Å². The van der Waals surface area contributed by atoms with E-state index in [4.69, 9.17) is 21.8 Å². The minimum atomic E-state index is -1.66. The Balaban J connectivity index is 1.86. The van der Waals surface area contributed by atoms with Gasteiger partial charge in [-0.25, -0.2) is 4.98 Å². The van der Waals surface area contributed by atoms with Gasteiger partial charge < -0.3 is 15.1 Å². The van der Waals surface area contributed by atoms with Crippen molar-refractivity contribution in [1.29, 1.82) is 0 Å². The van der Waals surface area contributed by atoms with Crippen LogP contribution in [0.4, 0.5) is 11.5 Å². The lowest BCUT2D eigenvalue weighted by atomic mass is 10.2. The summed E-state index contributed by atoms with van der Waals surface area (Å²) in [6, 6.07) is 2.25. The number of rotatable bonds is 5. The molecule has 1 aliphatic rings. The third kappa shape index (κ3) is 5.09. The summed E-state index contributed by atoms with van der Waals surface area (Å²) in [6.45, 7) is 18.5. The molecule has 0 aliphatic carbocycles. The number of halogens is 1. The fourth-order valence-corrected chi connectivity index (χ4v) is 3.96. The van der Waals surface area contributed by atoms with Gasteiger partial charge in [0.1, 0.15) is 5.82 Å². The Bertz CT molecular complexity index is 591. The van der Waals surface area contributed by atoms with E-state index in [1.807, 2.05) is 6.07 Å². The zero-order valence-electron chi connectivity index (χ0n) is 16.5. The van der Waals surface area contributed by atoms with Crippen LogP contribution in [-0.4, -0.2) is 57.0 Å². The number of nitrogens with two attached hydrogens (primary N) is 1. The van der Waals surface area contributed by atoms with Crippen molar-refractivity contribution in [3.8, 4) is 0 Å². The number of piperazine rings is 1. The standard InChI is InChI=1S/C18H33ClN4OSi/c1-14-13-22(9-10-24-25(5,6)18(2,3)4)7-8-23(14)17-11-16(20)15(19)12-21-17/h11-12,14H,7-10,13H2,1-6H3,(H2,20,21)/t14-/m0/s1. The molecule has 0 unspecified atom stereocenters. The van der Waals surface area contributed by atoms with Crippen LogP contribution >= 0.6 is 11.6 Å². The van der Waals surface area contributed by atoms with E-state index in [-0.39, 0.29) is 5.04 Å². The normalized spacial score (nSPS) is 20.1. The number of anilines is 2. The number of hydrogen-bond acceptors (Lipinski definition) is 5. The summed E-state index contributed by atoms with van der Waals surface area (Å²) >= 11 is 5.98. The summed E-state index contributed by atoms with van der Waals surface area (Å²) in [6.07, 6.45) is 1.64. The molecule has 0 spiro atoms. The molecule has 0 aromatic carbocycles. The predicted molar refractivity (Wildman–Crippen MR) is 110 cm³/mol. The lowest BCUT2D eigenvalue weighted by Crippen LogP contribution is -2.53. The molecule has 1 atom stereocenters. The topological polar surface area (TPSA) is 54.6 Å². The second-order valence-electron chi connectivity index (χ2n) is 8.52. The first-order chi connectivity index (χ1) is 11.5. The molecule has 0 radical (unpaired) electrons. The molecule has 1 aromatic rings. The van der Waals surface area contributed by atoms with Crippen molar-refractivity contribution in [1.82, 2.24) is 9.88 Å². The quantitative estimate of drug-likeness (QED) is 0.781. The first-order valence-corrected chi connectivity index (χ1v) is 12.3. The number of hydrogen-bond donors (Lipinski definition) is 1. The molecule has 1 saturated heterocycles. The van der Waals surface area contributed by atoms with Crippen LogP contribution in [0, 0.1) is 0 Å². The van der Waals surface area contributed by atoms with E-state index in [1.54, 1.807) is 6.20 Å². The van der Waals surface area contributed by atoms with Gasteiger partial charge in [0.05, 0.1) is 10.7 Å². The van der Waals surface area contributed by atoms with Crippen LogP contribution in [0.25, 0.3) is 0 Å². The highest BCUT2D eigenvalue weighted by Crippen LogP contribution is 2.36. The highest BCUT2D eigenvalue weighted by molar-refractivity contribution is 6.74. The van der Waals surface area contributed by atoms with Crippen LogP contribution < -0.4 is 10.6 Å². The Labute approximate surface area is 158 Å². The van der Waals surface area contributed by atoms with Crippen molar-refractivity contribution in [3.05, 3.63) is 17.3 Å². The summed E-state index contributed by atoms with van der Waals surface area (Å²) < 4.78 is 6.31. The lowest BCUT2D eigenvalue weighted by molar-refractivity contribution is 0.176. The van der Waals surface area contributed by atoms with Crippen molar-refractivity contribution in [2.45, 2.75) is 51.9 Å². The van der Waals surface area contributed by atoms with Crippen LogP contribution in [0.1, 0.15) is 27.7 Å². The van der Waals surface area contributed by atoms with E-state index < -0.39 is 8.32 Å². The molecule has 1 aliphatic heterocycles. The molecule has 5 nitrogen and oxygen atoms in total. The van der Waals surface area contributed by atoms with Gasteiger partial charge in [-0.1, -0.05) is 32.4 Å². The first kappa shape index (κ1) is 20.5. The van der Waals surface area contributed by atoms with Gasteiger partial charge in [0.2, 0.25) is 0 Å². The van der Waals surface area contributed by atoms with Crippen molar-refractivity contribution in [3.63, 3.8) is 0 Å². The average molecular weight is 385 g/mol. The Morgan fingerprint density at radius 3 is 2.60 bits per heavy atom. The zero-order valence-corrected chi connectivity index (χ0v) is 18.2. The molecule has 0 bridgehead atoms. The van der Waals surface area contributed by atoms with Gasteiger partial charge in [-0.3, -0.25) is 4.90 Å². The number of nitrogen functional groups attached to an aromatic ring is 1. The number of nitrogens with zero attached hydrogens (tertiary/aromatic N) is 3. The summed E-state index contributed by atoms with van der Waals surface area (Å²) in [5, 5.41) is 0.775. The van der Waals surface area contributed by atoms with Gasteiger partial charge in [0.15, 0.2) is 8.32 Å². The molecule has 7 heteroatoms. The molecule has 25 heavy (non-hydrogen) atoms.